The van der Waals surface area contributed by atoms with Crippen molar-refractivity contribution in [2.24, 2.45) is 0 Å². The second kappa shape index (κ2) is 6.56. The molecule has 1 atom stereocenters. The van der Waals surface area contributed by atoms with Crippen molar-refractivity contribution < 1.29 is 9.66 Å². The first kappa shape index (κ1) is 14.6. The van der Waals surface area contributed by atoms with Crippen LogP contribution in [0.2, 0.25) is 0 Å². The third-order valence-corrected chi connectivity index (χ3v) is 3.53. The minimum atomic E-state index is -0.371. The fraction of sp³-hybridized carbons (Fsp3) is 0.571. The summed E-state index contributed by atoms with van der Waals surface area (Å²) in [5.74, 6) is 0.617. The van der Waals surface area contributed by atoms with Crippen molar-refractivity contribution in [1.29, 1.82) is 0 Å². The number of likely N-dealkylation sites (tertiary alicyclic amines) is 1. The molecule has 0 aromatic heterocycles. The molecule has 0 spiro atoms. The lowest BCUT2D eigenvalue weighted by atomic mass is 10.2. The third kappa shape index (κ3) is 3.60. The van der Waals surface area contributed by atoms with Gasteiger partial charge in [-0.25, -0.2) is 0 Å². The zero-order valence-electron chi connectivity index (χ0n) is 12.0. The molecule has 0 saturated carbocycles. The van der Waals surface area contributed by atoms with Crippen molar-refractivity contribution in [2.75, 3.05) is 32.1 Å². The van der Waals surface area contributed by atoms with Crippen molar-refractivity contribution in [1.82, 2.24) is 4.90 Å². The second-order valence-electron chi connectivity index (χ2n) is 5.19. The van der Waals surface area contributed by atoms with Gasteiger partial charge in [0.15, 0.2) is 0 Å². The highest BCUT2D eigenvalue weighted by molar-refractivity contribution is 5.64. The van der Waals surface area contributed by atoms with E-state index in [-0.39, 0.29) is 16.7 Å². The molecule has 1 fully saturated rings. The summed E-state index contributed by atoms with van der Waals surface area (Å²) in [6.07, 6.45) is 2.48. The van der Waals surface area contributed by atoms with E-state index in [1.54, 1.807) is 19.2 Å². The predicted octanol–water partition coefficient (Wildman–Crippen LogP) is 2.50. The highest BCUT2D eigenvalue weighted by Gasteiger charge is 2.19. The van der Waals surface area contributed by atoms with Gasteiger partial charge in [0.1, 0.15) is 11.4 Å². The average molecular weight is 279 g/mol. The SMILES string of the molecule is COc1ccc([N+](=O)[O-])c(NC(C)CN2CCCC2)c1. The van der Waals surface area contributed by atoms with Crippen LogP contribution in [0.25, 0.3) is 0 Å². The van der Waals surface area contributed by atoms with Crippen molar-refractivity contribution >= 4 is 11.4 Å². The lowest BCUT2D eigenvalue weighted by Gasteiger charge is -2.22. The minimum Gasteiger partial charge on any atom is -0.497 e. The van der Waals surface area contributed by atoms with E-state index in [1.807, 2.05) is 6.92 Å². The molecule has 1 aliphatic heterocycles. The number of nitro benzene ring substituents is 1. The second-order valence-corrected chi connectivity index (χ2v) is 5.19. The summed E-state index contributed by atoms with van der Waals surface area (Å²) in [4.78, 5) is 13.1. The first-order valence-corrected chi connectivity index (χ1v) is 6.91. The molecule has 1 aromatic rings. The summed E-state index contributed by atoms with van der Waals surface area (Å²) in [6, 6.07) is 4.91. The standard InChI is InChI=1S/C14H21N3O3/c1-11(10-16-7-3-4-8-16)15-13-9-12(20-2)5-6-14(13)17(18)19/h5-6,9,11,15H,3-4,7-8,10H2,1-2H3. The van der Waals surface area contributed by atoms with E-state index >= 15 is 0 Å². The van der Waals surface area contributed by atoms with Gasteiger partial charge in [0.25, 0.3) is 5.69 Å². The molecule has 6 nitrogen and oxygen atoms in total. The smallest absolute Gasteiger partial charge is 0.292 e. The highest BCUT2D eigenvalue weighted by Crippen LogP contribution is 2.29. The molecular weight excluding hydrogens is 258 g/mol. The summed E-state index contributed by atoms with van der Waals surface area (Å²) in [5.41, 5.74) is 0.597. The number of ether oxygens (including phenoxy) is 1. The third-order valence-electron chi connectivity index (χ3n) is 3.53. The monoisotopic (exact) mass is 279 g/mol. The summed E-state index contributed by atoms with van der Waals surface area (Å²) in [7, 11) is 1.55. The summed E-state index contributed by atoms with van der Waals surface area (Å²) < 4.78 is 5.13. The van der Waals surface area contributed by atoms with Crippen LogP contribution in [-0.4, -0.2) is 42.6 Å². The number of benzene rings is 1. The van der Waals surface area contributed by atoms with Gasteiger partial charge < -0.3 is 15.0 Å². The molecule has 1 aliphatic rings. The van der Waals surface area contributed by atoms with Crippen LogP contribution in [0.5, 0.6) is 5.75 Å². The van der Waals surface area contributed by atoms with Gasteiger partial charge in [-0.15, -0.1) is 0 Å². The van der Waals surface area contributed by atoms with Gasteiger partial charge in [0, 0.05) is 24.7 Å². The van der Waals surface area contributed by atoms with Crippen LogP contribution in [0.15, 0.2) is 18.2 Å². The van der Waals surface area contributed by atoms with Gasteiger partial charge in [0.05, 0.1) is 12.0 Å². The summed E-state index contributed by atoms with van der Waals surface area (Å²) in [6.45, 7) is 5.17. The topological polar surface area (TPSA) is 67.6 Å². The first-order chi connectivity index (χ1) is 9.60. The number of rotatable bonds is 6. The molecule has 0 aliphatic carbocycles. The molecule has 1 heterocycles. The van der Waals surface area contributed by atoms with E-state index < -0.39 is 0 Å². The van der Waals surface area contributed by atoms with Crippen LogP contribution in [0.1, 0.15) is 19.8 Å². The average Bonchev–Trinajstić information content (AvgIpc) is 2.90. The molecule has 0 amide bonds. The van der Waals surface area contributed by atoms with Crippen molar-refractivity contribution in [3.05, 3.63) is 28.3 Å². The highest BCUT2D eigenvalue weighted by atomic mass is 16.6. The van der Waals surface area contributed by atoms with Gasteiger partial charge in [-0.2, -0.15) is 0 Å². The summed E-state index contributed by atoms with van der Waals surface area (Å²) >= 11 is 0. The largest absolute Gasteiger partial charge is 0.497 e. The lowest BCUT2D eigenvalue weighted by molar-refractivity contribution is -0.384. The maximum absolute atomic E-state index is 11.1. The van der Waals surface area contributed by atoms with E-state index in [1.165, 1.54) is 18.9 Å². The van der Waals surface area contributed by atoms with Crippen molar-refractivity contribution in [3.63, 3.8) is 0 Å². The van der Waals surface area contributed by atoms with Gasteiger partial charge in [0.2, 0.25) is 0 Å². The van der Waals surface area contributed by atoms with E-state index in [0.29, 0.717) is 11.4 Å². The zero-order chi connectivity index (χ0) is 14.5. The Labute approximate surface area is 118 Å². The molecule has 6 heteroatoms. The van der Waals surface area contributed by atoms with Crippen LogP contribution in [0.3, 0.4) is 0 Å². The number of nitrogens with one attached hydrogen (secondary N) is 1. The molecule has 1 unspecified atom stereocenters. The van der Waals surface area contributed by atoms with Gasteiger partial charge >= 0.3 is 0 Å². The normalized spacial score (nSPS) is 16.9. The molecule has 110 valence electrons. The number of anilines is 1. The lowest BCUT2D eigenvalue weighted by Crippen LogP contribution is -2.33. The number of hydrogen-bond acceptors (Lipinski definition) is 5. The number of nitrogens with zero attached hydrogens (tertiary/aromatic N) is 2. The number of nitro groups is 1. The van der Waals surface area contributed by atoms with Crippen LogP contribution in [0.4, 0.5) is 11.4 Å². The Bertz CT molecular complexity index is 473. The Hall–Kier alpha value is -1.82. The minimum absolute atomic E-state index is 0.0825. The number of hydrogen-bond donors (Lipinski definition) is 1. The first-order valence-electron chi connectivity index (χ1n) is 6.91. The van der Waals surface area contributed by atoms with Gasteiger partial charge in [-0.05, 0) is 38.9 Å². The van der Waals surface area contributed by atoms with Crippen molar-refractivity contribution in [3.8, 4) is 5.75 Å². The van der Waals surface area contributed by atoms with Gasteiger partial charge in [-0.3, -0.25) is 10.1 Å². The van der Waals surface area contributed by atoms with E-state index in [9.17, 15) is 10.1 Å². The Morgan fingerprint density at radius 2 is 2.15 bits per heavy atom. The van der Waals surface area contributed by atoms with Crippen LogP contribution in [0, 0.1) is 10.1 Å². The Morgan fingerprint density at radius 3 is 2.75 bits per heavy atom. The van der Waals surface area contributed by atoms with E-state index in [0.717, 1.165) is 19.6 Å². The zero-order valence-corrected chi connectivity index (χ0v) is 12.0. The maximum Gasteiger partial charge on any atom is 0.292 e. The predicted molar refractivity (Wildman–Crippen MR) is 78.4 cm³/mol. The molecule has 1 saturated heterocycles. The molecule has 0 radical (unpaired) electrons. The molecule has 1 aromatic carbocycles. The quantitative estimate of drug-likeness (QED) is 0.640. The number of methoxy groups -OCH3 is 1. The molecular formula is C14H21N3O3. The van der Waals surface area contributed by atoms with Crippen molar-refractivity contribution in [2.45, 2.75) is 25.8 Å². The van der Waals surface area contributed by atoms with Crippen LogP contribution >= 0.6 is 0 Å². The fourth-order valence-corrected chi connectivity index (χ4v) is 2.58. The van der Waals surface area contributed by atoms with Gasteiger partial charge in [-0.1, -0.05) is 0 Å². The van der Waals surface area contributed by atoms with Crippen LogP contribution in [-0.2, 0) is 0 Å². The Balaban J connectivity index is 2.07. The fourth-order valence-electron chi connectivity index (χ4n) is 2.58. The maximum atomic E-state index is 11.1. The van der Waals surface area contributed by atoms with Crippen LogP contribution < -0.4 is 10.1 Å². The molecule has 1 N–H and O–H groups in total. The molecule has 2 rings (SSSR count). The Kier molecular flexibility index (Phi) is 4.79. The molecule has 0 bridgehead atoms. The summed E-state index contributed by atoms with van der Waals surface area (Å²) in [5, 5.41) is 14.3. The molecule has 20 heavy (non-hydrogen) atoms. The Morgan fingerprint density at radius 1 is 1.45 bits per heavy atom. The van der Waals surface area contributed by atoms with E-state index in [2.05, 4.69) is 10.2 Å². The van der Waals surface area contributed by atoms with E-state index in [4.69, 9.17) is 4.74 Å².